The molecular weight excluding hydrogens is 304 g/mol. The second-order valence-electron chi connectivity index (χ2n) is 4.80. The Balaban J connectivity index is 2.10. The number of aryl methyl sites for hydroxylation is 4. The van der Waals surface area contributed by atoms with Crippen LogP contribution in [-0.2, 0) is 13.5 Å². The van der Waals surface area contributed by atoms with Gasteiger partial charge in [0.1, 0.15) is 5.82 Å². The first kappa shape index (κ1) is 14.0. The van der Waals surface area contributed by atoms with Crippen molar-refractivity contribution in [3.05, 3.63) is 51.5 Å². The summed E-state index contributed by atoms with van der Waals surface area (Å²) in [4.78, 5) is 16.4. The molecule has 1 aromatic heterocycles. The number of benzene rings is 1. The zero-order valence-corrected chi connectivity index (χ0v) is 13.0. The Morgan fingerprint density at radius 1 is 1.32 bits per heavy atom. The van der Waals surface area contributed by atoms with E-state index < -0.39 is 0 Å². The molecule has 0 aliphatic heterocycles. The van der Waals surface area contributed by atoms with Crippen LogP contribution in [-0.4, -0.2) is 15.3 Å². The molecular formula is C15H17BrN2O. The van der Waals surface area contributed by atoms with Gasteiger partial charge in [-0.3, -0.25) is 4.79 Å². The van der Waals surface area contributed by atoms with Crippen LogP contribution in [0.1, 0.15) is 33.7 Å². The summed E-state index contributed by atoms with van der Waals surface area (Å²) < 4.78 is 3.03. The maximum Gasteiger partial charge on any atom is 0.163 e. The molecule has 0 N–H and O–H groups in total. The molecule has 0 fully saturated rings. The highest BCUT2D eigenvalue weighted by atomic mass is 79.9. The van der Waals surface area contributed by atoms with E-state index in [0.29, 0.717) is 12.8 Å². The van der Waals surface area contributed by atoms with E-state index in [1.165, 1.54) is 0 Å². The molecule has 2 aromatic rings. The molecule has 0 amide bonds. The van der Waals surface area contributed by atoms with Gasteiger partial charge in [0, 0.05) is 42.3 Å². The van der Waals surface area contributed by atoms with Gasteiger partial charge in [0.25, 0.3) is 0 Å². The smallest absolute Gasteiger partial charge is 0.163 e. The Labute approximate surface area is 121 Å². The number of Topliss-reactive ketones (excluding diaryl/α,β-unsaturated/α-hetero) is 1. The van der Waals surface area contributed by atoms with E-state index in [9.17, 15) is 4.79 Å². The summed E-state index contributed by atoms with van der Waals surface area (Å²) in [7, 11) is 1.95. The highest BCUT2D eigenvalue weighted by Gasteiger charge is 2.11. The van der Waals surface area contributed by atoms with E-state index in [2.05, 4.69) is 20.9 Å². The fourth-order valence-corrected chi connectivity index (χ4v) is 2.34. The minimum absolute atomic E-state index is 0.168. The third-order valence-electron chi connectivity index (χ3n) is 3.26. The predicted molar refractivity (Wildman–Crippen MR) is 79.5 cm³/mol. The highest BCUT2D eigenvalue weighted by molar-refractivity contribution is 9.10. The van der Waals surface area contributed by atoms with Crippen molar-refractivity contribution in [2.45, 2.75) is 26.7 Å². The number of rotatable bonds is 4. The third-order valence-corrected chi connectivity index (χ3v) is 4.51. The van der Waals surface area contributed by atoms with Gasteiger partial charge in [0.2, 0.25) is 0 Å². The predicted octanol–water partition coefficient (Wildman–Crippen LogP) is 3.61. The molecule has 100 valence electrons. The molecule has 0 bridgehead atoms. The largest absolute Gasteiger partial charge is 0.338 e. The van der Waals surface area contributed by atoms with Crippen molar-refractivity contribution >= 4 is 21.7 Å². The Morgan fingerprint density at radius 3 is 2.47 bits per heavy atom. The maximum atomic E-state index is 12.2. The average Bonchev–Trinajstić information content (AvgIpc) is 2.78. The molecule has 2 rings (SSSR count). The number of ketones is 1. The number of aromatic nitrogens is 2. The number of imidazole rings is 1. The lowest BCUT2D eigenvalue weighted by molar-refractivity contribution is 0.0982. The monoisotopic (exact) mass is 320 g/mol. The van der Waals surface area contributed by atoms with Gasteiger partial charge in [0.15, 0.2) is 5.78 Å². The van der Waals surface area contributed by atoms with Crippen LogP contribution in [0.5, 0.6) is 0 Å². The zero-order chi connectivity index (χ0) is 14.0. The molecule has 1 heterocycles. The van der Waals surface area contributed by atoms with Crippen LogP contribution in [0.4, 0.5) is 0 Å². The van der Waals surface area contributed by atoms with Crippen molar-refractivity contribution in [1.29, 1.82) is 0 Å². The van der Waals surface area contributed by atoms with Gasteiger partial charge < -0.3 is 4.57 Å². The maximum absolute atomic E-state index is 12.2. The zero-order valence-electron chi connectivity index (χ0n) is 11.4. The van der Waals surface area contributed by atoms with Gasteiger partial charge in [-0.05, 0) is 37.1 Å². The number of carbonyl (C=O) groups excluding carboxylic acids is 1. The van der Waals surface area contributed by atoms with Crippen LogP contribution in [0.15, 0.2) is 29.0 Å². The van der Waals surface area contributed by atoms with Crippen molar-refractivity contribution in [2.75, 3.05) is 0 Å². The molecule has 0 saturated heterocycles. The SMILES string of the molecule is Cc1cc(C(=O)CCc2nccn2C)cc(C)c1Br. The minimum Gasteiger partial charge on any atom is -0.338 e. The molecule has 0 aliphatic rings. The van der Waals surface area contributed by atoms with Gasteiger partial charge >= 0.3 is 0 Å². The Hall–Kier alpha value is -1.42. The van der Waals surface area contributed by atoms with Crippen molar-refractivity contribution in [1.82, 2.24) is 9.55 Å². The minimum atomic E-state index is 0.168. The van der Waals surface area contributed by atoms with Gasteiger partial charge in [0.05, 0.1) is 0 Å². The van der Waals surface area contributed by atoms with E-state index in [-0.39, 0.29) is 5.78 Å². The standard InChI is InChI=1S/C15H17BrN2O/c1-10-8-12(9-11(2)15(10)16)13(19)4-5-14-17-6-7-18(14)3/h6-9H,4-5H2,1-3H3. The van der Waals surface area contributed by atoms with Gasteiger partial charge in [-0.25, -0.2) is 4.98 Å². The summed E-state index contributed by atoms with van der Waals surface area (Å²) in [5.41, 5.74) is 2.98. The van der Waals surface area contributed by atoms with Crippen LogP contribution >= 0.6 is 15.9 Å². The molecule has 19 heavy (non-hydrogen) atoms. The molecule has 4 heteroatoms. The van der Waals surface area contributed by atoms with E-state index in [0.717, 1.165) is 27.0 Å². The Bertz CT molecular complexity index is 593. The summed E-state index contributed by atoms with van der Waals surface area (Å²) >= 11 is 3.52. The summed E-state index contributed by atoms with van der Waals surface area (Å²) in [6, 6.07) is 3.88. The van der Waals surface area contributed by atoms with E-state index in [1.807, 2.05) is 43.8 Å². The average molecular weight is 321 g/mol. The normalized spacial score (nSPS) is 10.7. The van der Waals surface area contributed by atoms with Crippen molar-refractivity contribution in [3.63, 3.8) is 0 Å². The quantitative estimate of drug-likeness (QED) is 0.806. The molecule has 1 aromatic carbocycles. The number of carbonyl (C=O) groups is 1. The molecule has 0 spiro atoms. The number of hydrogen-bond acceptors (Lipinski definition) is 2. The van der Waals surface area contributed by atoms with Crippen molar-refractivity contribution in [2.24, 2.45) is 7.05 Å². The number of nitrogens with zero attached hydrogens (tertiary/aromatic N) is 2. The first-order chi connectivity index (χ1) is 8.99. The Kier molecular flexibility index (Phi) is 4.20. The summed E-state index contributed by atoms with van der Waals surface area (Å²) in [6.45, 7) is 4.01. The second-order valence-corrected chi connectivity index (χ2v) is 5.59. The lowest BCUT2D eigenvalue weighted by Crippen LogP contribution is -2.05. The van der Waals surface area contributed by atoms with Crippen molar-refractivity contribution in [3.8, 4) is 0 Å². The second kappa shape index (κ2) is 5.70. The first-order valence-corrected chi connectivity index (χ1v) is 7.04. The summed E-state index contributed by atoms with van der Waals surface area (Å²) in [5, 5.41) is 0. The number of halogens is 1. The van der Waals surface area contributed by atoms with Crippen LogP contribution in [0.3, 0.4) is 0 Å². The molecule has 0 radical (unpaired) electrons. The van der Waals surface area contributed by atoms with E-state index in [4.69, 9.17) is 0 Å². The van der Waals surface area contributed by atoms with Gasteiger partial charge in [-0.1, -0.05) is 15.9 Å². The van der Waals surface area contributed by atoms with E-state index in [1.54, 1.807) is 6.20 Å². The lowest BCUT2D eigenvalue weighted by Gasteiger charge is -2.07. The van der Waals surface area contributed by atoms with Gasteiger partial charge in [-0.2, -0.15) is 0 Å². The van der Waals surface area contributed by atoms with Crippen molar-refractivity contribution < 1.29 is 4.79 Å². The first-order valence-electron chi connectivity index (χ1n) is 6.25. The molecule has 0 aliphatic carbocycles. The highest BCUT2D eigenvalue weighted by Crippen LogP contribution is 2.23. The summed E-state index contributed by atoms with van der Waals surface area (Å²) in [5.74, 6) is 1.11. The van der Waals surface area contributed by atoms with Crippen LogP contribution in [0, 0.1) is 13.8 Å². The lowest BCUT2D eigenvalue weighted by atomic mass is 10.0. The van der Waals surface area contributed by atoms with Crippen LogP contribution < -0.4 is 0 Å². The third kappa shape index (κ3) is 3.13. The molecule has 0 saturated carbocycles. The molecule has 3 nitrogen and oxygen atoms in total. The summed E-state index contributed by atoms with van der Waals surface area (Å²) in [6.07, 6.45) is 4.82. The van der Waals surface area contributed by atoms with Gasteiger partial charge in [-0.15, -0.1) is 0 Å². The van der Waals surface area contributed by atoms with Crippen LogP contribution in [0.2, 0.25) is 0 Å². The Morgan fingerprint density at radius 2 is 1.95 bits per heavy atom. The molecule has 0 unspecified atom stereocenters. The fourth-order valence-electron chi connectivity index (χ4n) is 2.11. The fraction of sp³-hybridized carbons (Fsp3) is 0.333. The van der Waals surface area contributed by atoms with E-state index >= 15 is 0 Å². The topological polar surface area (TPSA) is 34.9 Å². The number of hydrogen-bond donors (Lipinski definition) is 0. The molecule has 0 atom stereocenters. The van der Waals surface area contributed by atoms with Crippen LogP contribution in [0.25, 0.3) is 0 Å².